The molecule has 0 fully saturated rings. The van der Waals surface area contributed by atoms with Gasteiger partial charge in [0.25, 0.3) is 0 Å². The number of furan rings is 1. The van der Waals surface area contributed by atoms with Gasteiger partial charge in [0, 0.05) is 49.8 Å². The quantitative estimate of drug-likeness (QED) is 0.215. The highest BCUT2D eigenvalue weighted by atomic mass is 35.5. The number of carbonyl (C=O) groups is 1. The van der Waals surface area contributed by atoms with Gasteiger partial charge in [-0.05, 0) is 61.2 Å². The summed E-state index contributed by atoms with van der Waals surface area (Å²) in [5.74, 6) is 0.385. The Kier molecular flexibility index (Phi) is 7.03. The van der Waals surface area contributed by atoms with Crippen LogP contribution in [0.3, 0.4) is 0 Å². The van der Waals surface area contributed by atoms with Crippen LogP contribution in [0.2, 0.25) is 10.0 Å². The Balaban J connectivity index is 1.69. The van der Waals surface area contributed by atoms with Crippen LogP contribution < -0.4 is 10.1 Å². The maximum Gasteiger partial charge on any atom is 0.248 e. The molecule has 1 aromatic heterocycles. The summed E-state index contributed by atoms with van der Waals surface area (Å²) in [6, 6.07) is 16.8. The van der Waals surface area contributed by atoms with Crippen LogP contribution in [-0.4, -0.2) is 19.3 Å². The first-order valence-electron chi connectivity index (χ1n) is 10.1. The van der Waals surface area contributed by atoms with Gasteiger partial charge in [-0.15, -0.1) is 11.8 Å². The third-order valence-electron chi connectivity index (χ3n) is 5.25. The first-order chi connectivity index (χ1) is 15.9. The van der Waals surface area contributed by atoms with Crippen molar-refractivity contribution in [3.05, 3.63) is 82.5 Å². The summed E-state index contributed by atoms with van der Waals surface area (Å²) in [5, 5.41) is 4.85. The van der Waals surface area contributed by atoms with Gasteiger partial charge in [-0.2, -0.15) is 0 Å². The number of hydrogen-bond acceptors (Lipinski definition) is 4. The SMILES string of the molecule is COc1cc2occ(-c3ccc(Cl)cc3Cl)c2cc1/C(C)=C/C(=O)Nc1ccc(SC)cc1. The fourth-order valence-corrected chi connectivity index (χ4v) is 4.49. The maximum absolute atomic E-state index is 12.6. The van der Waals surface area contributed by atoms with Crippen LogP contribution in [-0.2, 0) is 4.79 Å². The van der Waals surface area contributed by atoms with Gasteiger partial charge in [0.15, 0.2) is 0 Å². The lowest BCUT2D eigenvalue weighted by Crippen LogP contribution is -2.08. The molecule has 168 valence electrons. The molecule has 0 aliphatic carbocycles. The van der Waals surface area contributed by atoms with E-state index in [9.17, 15) is 4.79 Å². The summed E-state index contributed by atoms with van der Waals surface area (Å²) in [6.45, 7) is 1.87. The van der Waals surface area contributed by atoms with E-state index in [1.165, 1.54) is 0 Å². The average Bonchev–Trinajstić information content (AvgIpc) is 3.21. The molecule has 0 radical (unpaired) electrons. The predicted molar refractivity (Wildman–Crippen MR) is 139 cm³/mol. The van der Waals surface area contributed by atoms with Gasteiger partial charge < -0.3 is 14.5 Å². The molecular weight excluding hydrogens is 477 g/mol. The second-order valence-corrected chi connectivity index (χ2v) is 9.09. The first kappa shape index (κ1) is 23.3. The molecule has 1 N–H and O–H groups in total. The van der Waals surface area contributed by atoms with Crippen LogP contribution in [0, 0.1) is 0 Å². The summed E-state index contributed by atoms with van der Waals surface area (Å²) in [5.41, 5.74) is 4.57. The van der Waals surface area contributed by atoms with E-state index in [1.807, 2.05) is 55.6 Å². The van der Waals surface area contributed by atoms with Gasteiger partial charge in [-0.1, -0.05) is 29.3 Å². The number of allylic oxidation sites excluding steroid dienone is 1. The number of ether oxygens (including phenoxy) is 1. The Morgan fingerprint density at radius 3 is 2.48 bits per heavy atom. The van der Waals surface area contributed by atoms with Crippen LogP contribution in [0.1, 0.15) is 12.5 Å². The molecule has 1 heterocycles. The summed E-state index contributed by atoms with van der Waals surface area (Å²) in [7, 11) is 1.59. The molecule has 4 nitrogen and oxygen atoms in total. The number of nitrogens with one attached hydrogen (secondary N) is 1. The monoisotopic (exact) mass is 497 g/mol. The normalized spacial score (nSPS) is 11.6. The van der Waals surface area contributed by atoms with Gasteiger partial charge in [0.05, 0.1) is 18.4 Å². The van der Waals surface area contributed by atoms with E-state index >= 15 is 0 Å². The molecule has 33 heavy (non-hydrogen) atoms. The summed E-state index contributed by atoms with van der Waals surface area (Å²) in [6.07, 6.45) is 5.23. The summed E-state index contributed by atoms with van der Waals surface area (Å²) < 4.78 is 11.3. The van der Waals surface area contributed by atoms with Crippen molar-refractivity contribution in [2.24, 2.45) is 0 Å². The number of anilines is 1. The molecule has 4 rings (SSSR count). The van der Waals surface area contributed by atoms with Gasteiger partial charge in [-0.25, -0.2) is 0 Å². The van der Waals surface area contributed by atoms with Crippen molar-refractivity contribution in [1.29, 1.82) is 0 Å². The highest BCUT2D eigenvalue weighted by Crippen LogP contribution is 2.40. The maximum atomic E-state index is 12.6. The minimum Gasteiger partial charge on any atom is -0.496 e. The lowest BCUT2D eigenvalue weighted by Gasteiger charge is -2.11. The van der Waals surface area contributed by atoms with E-state index in [0.29, 0.717) is 21.4 Å². The molecule has 4 aromatic rings. The molecule has 0 aliphatic rings. The van der Waals surface area contributed by atoms with Crippen LogP contribution in [0.25, 0.3) is 27.7 Å². The molecule has 0 saturated heterocycles. The zero-order chi connectivity index (χ0) is 23.5. The second-order valence-electron chi connectivity index (χ2n) is 7.37. The predicted octanol–water partition coefficient (Wildman–Crippen LogP) is 8.18. The van der Waals surface area contributed by atoms with Crippen LogP contribution >= 0.6 is 35.0 Å². The van der Waals surface area contributed by atoms with Gasteiger partial charge >= 0.3 is 0 Å². The number of thioether (sulfide) groups is 1. The van der Waals surface area contributed by atoms with E-state index in [1.54, 1.807) is 43.3 Å². The van der Waals surface area contributed by atoms with Crippen molar-refractivity contribution < 1.29 is 13.9 Å². The Bertz CT molecular complexity index is 1360. The van der Waals surface area contributed by atoms with E-state index < -0.39 is 0 Å². The number of halogens is 2. The standard InChI is InChI=1S/C26H21Cl2NO3S/c1-15(10-26(30)29-17-5-7-18(33-3)8-6-17)20-12-21-22(14-32-25(21)13-24(20)31-2)19-9-4-16(27)11-23(19)28/h4-14H,1-3H3,(H,29,30)/b15-10+. The lowest BCUT2D eigenvalue weighted by molar-refractivity contribution is -0.111. The molecule has 0 unspecified atom stereocenters. The highest BCUT2D eigenvalue weighted by Gasteiger charge is 2.16. The molecule has 1 amide bonds. The van der Waals surface area contributed by atoms with E-state index in [0.717, 1.165) is 38.2 Å². The molecule has 0 atom stereocenters. The molecule has 0 saturated carbocycles. The van der Waals surface area contributed by atoms with Gasteiger partial charge in [0.1, 0.15) is 11.3 Å². The third kappa shape index (κ3) is 5.06. The van der Waals surface area contributed by atoms with Crippen molar-refractivity contribution in [2.45, 2.75) is 11.8 Å². The number of hydrogen-bond donors (Lipinski definition) is 1. The lowest BCUT2D eigenvalue weighted by atomic mass is 9.99. The minimum atomic E-state index is -0.222. The Morgan fingerprint density at radius 1 is 1.06 bits per heavy atom. The van der Waals surface area contributed by atoms with Gasteiger partial charge in [-0.3, -0.25) is 4.79 Å². The first-order valence-corrected chi connectivity index (χ1v) is 12.1. The fourth-order valence-electron chi connectivity index (χ4n) is 3.58. The minimum absolute atomic E-state index is 0.222. The Morgan fingerprint density at radius 2 is 1.82 bits per heavy atom. The largest absolute Gasteiger partial charge is 0.496 e. The topological polar surface area (TPSA) is 51.5 Å². The number of fused-ring (bicyclic) bond motifs is 1. The summed E-state index contributed by atoms with van der Waals surface area (Å²) in [4.78, 5) is 13.8. The molecule has 7 heteroatoms. The zero-order valence-corrected chi connectivity index (χ0v) is 20.6. The van der Waals surface area contributed by atoms with Crippen LogP contribution in [0.4, 0.5) is 5.69 Å². The van der Waals surface area contributed by atoms with E-state index in [-0.39, 0.29) is 5.91 Å². The average molecular weight is 498 g/mol. The fraction of sp³-hybridized carbons (Fsp3) is 0.115. The molecule has 0 bridgehead atoms. The number of rotatable bonds is 6. The van der Waals surface area contributed by atoms with Crippen molar-refractivity contribution >= 4 is 63.1 Å². The number of methoxy groups -OCH3 is 1. The Labute approximate surface area is 206 Å². The molecular formula is C26H21Cl2NO3S. The van der Waals surface area contributed by atoms with Crippen molar-refractivity contribution in [3.8, 4) is 16.9 Å². The molecule has 0 spiro atoms. The van der Waals surface area contributed by atoms with Crippen LogP contribution in [0.15, 0.2) is 76.2 Å². The smallest absolute Gasteiger partial charge is 0.248 e. The third-order valence-corrected chi connectivity index (χ3v) is 6.54. The van der Waals surface area contributed by atoms with Crippen molar-refractivity contribution in [3.63, 3.8) is 0 Å². The number of benzene rings is 3. The summed E-state index contributed by atoms with van der Waals surface area (Å²) >= 11 is 14.1. The van der Waals surface area contributed by atoms with Crippen LogP contribution in [0.5, 0.6) is 5.75 Å². The Hall–Kier alpha value is -2.86. The zero-order valence-electron chi connectivity index (χ0n) is 18.2. The molecule has 0 aliphatic heterocycles. The number of amides is 1. The van der Waals surface area contributed by atoms with E-state index in [4.69, 9.17) is 32.4 Å². The van der Waals surface area contributed by atoms with Crippen molar-refractivity contribution in [1.82, 2.24) is 0 Å². The highest BCUT2D eigenvalue weighted by molar-refractivity contribution is 7.98. The van der Waals surface area contributed by atoms with E-state index in [2.05, 4.69) is 5.32 Å². The van der Waals surface area contributed by atoms with Gasteiger partial charge in [0.2, 0.25) is 5.91 Å². The number of carbonyl (C=O) groups excluding carboxylic acids is 1. The molecule has 3 aromatic carbocycles. The second kappa shape index (κ2) is 9.96. The van der Waals surface area contributed by atoms with Crippen molar-refractivity contribution in [2.75, 3.05) is 18.7 Å².